The highest BCUT2D eigenvalue weighted by molar-refractivity contribution is 6.40. The Hall–Kier alpha value is -2.12. The van der Waals surface area contributed by atoms with Crippen LogP contribution in [0, 0.1) is 0 Å². The van der Waals surface area contributed by atoms with Crippen LogP contribution in [0.25, 0.3) is 0 Å². The van der Waals surface area contributed by atoms with Gasteiger partial charge >= 0.3 is 5.97 Å². The van der Waals surface area contributed by atoms with Gasteiger partial charge in [0.05, 0.1) is 27.5 Å². The molecule has 20 heavy (non-hydrogen) atoms. The van der Waals surface area contributed by atoms with E-state index in [0.717, 1.165) is 0 Å². The molecule has 2 rings (SSSR count). The monoisotopic (exact) mass is 314 g/mol. The maximum atomic E-state index is 11.8. The van der Waals surface area contributed by atoms with Crippen LogP contribution in [0.3, 0.4) is 0 Å². The van der Waals surface area contributed by atoms with Crippen LogP contribution in [-0.2, 0) is 11.3 Å². The highest BCUT2D eigenvalue weighted by Gasteiger charge is 2.14. The predicted molar refractivity (Wildman–Crippen MR) is 72.1 cm³/mol. The number of carboxylic acid groups (broad SMARTS) is 1. The summed E-state index contributed by atoms with van der Waals surface area (Å²) in [6.45, 7) is -0.0622. The standard InChI is InChI=1S/C11H8Cl2N4O3/c12-7-3-6(11(19)20)4-8(13)10(7)15-9(18)5-17-2-1-14-16-17/h1-4H,5H2,(H,15,18)(H,19,20). The van der Waals surface area contributed by atoms with Crippen LogP contribution < -0.4 is 5.32 Å². The number of carboxylic acids is 1. The molecule has 0 saturated carbocycles. The summed E-state index contributed by atoms with van der Waals surface area (Å²) < 4.78 is 1.32. The van der Waals surface area contributed by atoms with E-state index in [9.17, 15) is 9.59 Å². The molecule has 0 aliphatic rings. The number of hydrogen-bond acceptors (Lipinski definition) is 4. The first kappa shape index (κ1) is 14.3. The van der Waals surface area contributed by atoms with Crippen molar-refractivity contribution in [3.63, 3.8) is 0 Å². The normalized spacial score (nSPS) is 10.3. The molecule has 1 aromatic heterocycles. The van der Waals surface area contributed by atoms with Crippen molar-refractivity contribution in [2.45, 2.75) is 6.54 Å². The number of hydrogen-bond donors (Lipinski definition) is 2. The number of aromatic carboxylic acids is 1. The van der Waals surface area contributed by atoms with Gasteiger partial charge in [-0.25, -0.2) is 9.48 Å². The van der Waals surface area contributed by atoms with Gasteiger partial charge in [-0.2, -0.15) is 0 Å². The molecular weight excluding hydrogens is 307 g/mol. The van der Waals surface area contributed by atoms with E-state index in [4.69, 9.17) is 28.3 Å². The van der Waals surface area contributed by atoms with E-state index in [2.05, 4.69) is 15.6 Å². The minimum Gasteiger partial charge on any atom is -0.478 e. The number of nitrogens with one attached hydrogen (secondary N) is 1. The van der Waals surface area contributed by atoms with Gasteiger partial charge in [-0.15, -0.1) is 5.10 Å². The van der Waals surface area contributed by atoms with Gasteiger partial charge in [0, 0.05) is 6.20 Å². The third-order valence-corrected chi connectivity index (χ3v) is 2.93. The van der Waals surface area contributed by atoms with E-state index in [1.54, 1.807) is 0 Å². The van der Waals surface area contributed by atoms with Crippen LogP contribution in [0.4, 0.5) is 5.69 Å². The van der Waals surface area contributed by atoms with Crippen LogP contribution in [-0.4, -0.2) is 32.0 Å². The Bertz CT molecular complexity index is 635. The van der Waals surface area contributed by atoms with Crippen LogP contribution >= 0.6 is 23.2 Å². The third kappa shape index (κ3) is 3.25. The number of amides is 1. The van der Waals surface area contributed by atoms with Gasteiger partial charge in [0.2, 0.25) is 5.91 Å². The van der Waals surface area contributed by atoms with Crippen molar-refractivity contribution in [2.24, 2.45) is 0 Å². The molecule has 0 bridgehead atoms. The number of halogens is 2. The maximum Gasteiger partial charge on any atom is 0.335 e. The molecule has 0 aliphatic heterocycles. The zero-order valence-corrected chi connectivity index (χ0v) is 11.4. The minimum atomic E-state index is -1.16. The van der Waals surface area contributed by atoms with E-state index < -0.39 is 11.9 Å². The van der Waals surface area contributed by atoms with E-state index in [1.807, 2.05) is 0 Å². The summed E-state index contributed by atoms with van der Waals surface area (Å²) in [4.78, 5) is 22.6. The van der Waals surface area contributed by atoms with E-state index in [-0.39, 0.29) is 27.8 Å². The van der Waals surface area contributed by atoms with Crippen molar-refractivity contribution < 1.29 is 14.7 Å². The van der Waals surface area contributed by atoms with Gasteiger partial charge < -0.3 is 10.4 Å². The predicted octanol–water partition coefficient (Wildman–Crippen LogP) is 1.92. The number of aromatic nitrogens is 3. The molecule has 0 radical (unpaired) electrons. The fraction of sp³-hybridized carbons (Fsp3) is 0.0909. The molecule has 2 N–H and O–H groups in total. The fourth-order valence-electron chi connectivity index (χ4n) is 1.46. The molecule has 1 aromatic carbocycles. The summed E-state index contributed by atoms with van der Waals surface area (Å²) in [5.74, 6) is -1.57. The number of anilines is 1. The Balaban J connectivity index is 2.17. The highest BCUT2D eigenvalue weighted by atomic mass is 35.5. The Morgan fingerprint density at radius 2 is 1.95 bits per heavy atom. The average Bonchev–Trinajstić information content (AvgIpc) is 2.86. The van der Waals surface area contributed by atoms with E-state index >= 15 is 0 Å². The summed E-state index contributed by atoms with van der Waals surface area (Å²) >= 11 is 11.8. The molecule has 0 unspecified atom stereocenters. The first-order chi connectivity index (χ1) is 9.47. The van der Waals surface area contributed by atoms with Gasteiger partial charge in [-0.1, -0.05) is 28.4 Å². The van der Waals surface area contributed by atoms with Gasteiger partial charge in [0.15, 0.2) is 0 Å². The van der Waals surface area contributed by atoms with E-state index in [1.165, 1.54) is 29.2 Å². The lowest BCUT2D eigenvalue weighted by Crippen LogP contribution is -2.19. The Morgan fingerprint density at radius 3 is 2.45 bits per heavy atom. The van der Waals surface area contributed by atoms with Gasteiger partial charge in [0.1, 0.15) is 6.54 Å². The number of benzene rings is 1. The summed E-state index contributed by atoms with van der Waals surface area (Å²) in [6, 6.07) is 2.42. The third-order valence-electron chi connectivity index (χ3n) is 2.33. The lowest BCUT2D eigenvalue weighted by atomic mass is 10.2. The van der Waals surface area contributed by atoms with Crippen molar-refractivity contribution in [3.05, 3.63) is 40.1 Å². The van der Waals surface area contributed by atoms with Crippen LogP contribution in [0.1, 0.15) is 10.4 Å². The molecule has 2 aromatic rings. The molecule has 0 fully saturated rings. The lowest BCUT2D eigenvalue weighted by molar-refractivity contribution is -0.116. The van der Waals surface area contributed by atoms with E-state index in [0.29, 0.717) is 0 Å². The quantitative estimate of drug-likeness (QED) is 0.898. The van der Waals surface area contributed by atoms with Crippen molar-refractivity contribution in [2.75, 3.05) is 5.32 Å². The maximum absolute atomic E-state index is 11.8. The van der Waals surface area contributed by atoms with Crippen molar-refractivity contribution in [1.29, 1.82) is 0 Å². The largest absolute Gasteiger partial charge is 0.478 e. The second-order valence-corrected chi connectivity index (χ2v) is 4.58. The van der Waals surface area contributed by atoms with Crippen molar-refractivity contribution >= 4 is 40.8 Å². The molecule has 0 atom stereocenters. The van der Waals surface area contributed by atoms with Crippen LogP contribution in [0.15, 0.2) is 24.5 Å². The molecule has 1 heterocycles. The zero-order chi connectivity index (χ0) is 14.7. The topological polar surface area (TPSA) is 97.1 Å². The summed E-state index contributed by atoms with van der Waals surface area (Å²) in [6.07, 6.45) is 2.96. The first-order valence-electron chi connectivity index (χ1n) is 5.33. The fourth-order valence-corrected chi connectivity index (χ4v) is 2.04. The molecule has 0 saturated heterocycles. The van der Waals surface area contributed by atoms with Crippen molar-refractivity contribution in [3.8, 4) is 0 Å². The second kappa shape index (κ2) is 5.89. The Labute approximate surface area is 123 Å². The van der Waals surface area contributed by atoms with Gasteiger partial charge in [0.25, 0.3) is 0 Å². The zero-order valence-electron chi connectivity index (χ0n) is 9.88. The van der Waals surface area contributed by atoms with Gasteiger partial charge in [-0.05, 0) is 12.1 Å². The second-order valence-electron chi connectivity index (χ2n) is 3.77. The van der Waals surface area contributed by atoms with Crippen molar-refractivity contribution in [1.82, 2.24) is 15.0 Å². The molecule has 104 valence electrons. The number of rotatable bonds is 4. The molecule has 0 spiro atoms. The Morgan fingerprint density at radius 1 is 1.30 bits per heavy atom. The summed E-state index contributed by atoms with van der Waals surface area (Å²) in [5, 5.41) is 18.6. The summed E-state index contributed by atoms with van der Waals surface area (Å²) in [5.41, 5.74) is 0.0951. The van der Waals surface area contributed by atoms with Crippen LogP contribution in [0.5, 0.6) is 0 Å². The minimum absolute atomic E-state index is 0.0434. The molecule has 7 nitrogen and oxygen atoms in total. The number of carbonyl (C=O) groups is 2. The molecule has 1 amide bonds. The Kier molecular flexibility index (Phi) is 4.21. The SMILES string of the molecule is O=C(Cn1ccnn1)Nc1c(Cl)cc(C(=O)O)cc1Cl. The van der Waals surface area contributed by atoms with Crippen LogP contribution in [0.2, 0.25) is 10.0 Å². The number of nitrogens with zero attached hydrogens (tertiary/aromatic N) is 3. The number of carbonyl (C=O) groups excluding carboxylic acids is 1. The lowest BCUT2D eigenvalue weighted by Gasteiger charge is -2.10. The average molecular weight is 315 g/mol. The first-order valence-corrected chi connectivity index (χ1v) is 6.09. The molecular formula is C11H8Cl2N4O3. The summed E-state index contributed by atoms with van der Waals surface area (Å²) in [7, 11) is 0. The van der Waals surface area contributed by atoms with Gasteiger partial charge in [-0.3, -0.25) is 4.79 Å². The highest BCUT2D eigenvalue weighted by Crippen LogP contribution is 2.31. The smallest absolute Gasteiger partial charge is 0.335 e. The molecule has 0 aliphatic carbocycles. The molecule has 9 heteroatoms.